The minimum absolute atomic E-state index is 0.106. The Balaban J connectivity index is 1.51. The number of thioether (sulfide) groups is 1. The van der Waals surface area contributed by atoms with E-state index in [-0.39, 0.29) is 11.7 Å². The molecule has 4 aromatic rings. The van der Waals surface area contributed by atoms with Crippen LogP contribution in [0.1, 0.15) is 12.7 Å². The molecule has 10 heteroatoms. The molecule has 2 aromatic heterocycles. The average molecular weight is 504 g/mol. The van der Waals surface area contributed by atoms with E-state index in [9.17, 15) is 4.79 Å². The van der Waals surface area contributed by atoms with Gasteiger partial charge in [0, 0.05) is 11.3 Å². The summed E-state index contributed by atoms with van der Waals surface area (Å²) in [4.78, 5) is 12.4. The lowest BCUT2D eigenvalue weighted by Crippen LogP contribution is -2.20. The van der Waals surface area contributed by atoms with Crippen LogP contribution >= 0.6 is 11.8 Å². The SMILES string of the molecule is COc1ccc(-c2nnc(SCC(=O)N/N=C\C(C)=C\c3ccco3)n2-c2ccccc2)cc1OC. The van der Waals surface area contributed by atoms with Crippen LogP contribution in [0.4, 0.5) is 0 Å². The van der Waals surface area contributed by atoms with Crippen molar-refractivity contribution in [2.24, 2.45) is 5.10 Å². The van der Waals surface area contributed by atoms with Gasteiger partial charge in [-0.1, -0.05) is 30.0 Å². The van der Waals surface area contributed by atoms with E-state index < -0.39 is 0 Å². The number of rotatable bonds is 10. The Bertz CT molecular complexity index is 1360. The second-order valence-corrected chi connectivity index (χ2v) is 8.48. The van der Waals surface area contributed by atoms with Crippen LogP contribution in [0.25, 0.3) is 23.2 Å². The Morgan fingerprint density at radius 1 is 1.08 bits per heavy atom. The normalized spacial score (nSPS) is 11.6. The van der Waals surface area contributed by atoms with Crippen LogP contribution in [0.15, 0.2) is 87.2 Å². The van der Waals surface area contributed by atoms with Crippen molar-refractivity contribution in [2.75, 3.05) is 20.0 Å². The molecule has 0 saturated carbocycles. The van der Waals surface area contributed by atoms with Gasteiger partial charge in [-0.25, -0.2) is 5.43 Å². The van der Waals surface area contributed by atoms with Crippen molar-refractivity contribution < 1.29 is 18.7 Å². The number of hydrazone groups is 1. The summed E-state index contributed by atoms with van der Waals surface area (Å²) in [6.07, 6.45) is 4.98. The van der Waals surface area contributed by atoms with Crippen LogP contribution in [0.3, 0.4) is 0 Å². The van der Waals surface area contributed by atoms with Gasteiger partial charge in [0.05, 0.1) is 32.5 Å². The molecule has 0 unspecified atom stereocenters. The maximum atomic E-state index is 12.4. The van der Waals surface area contributed by atoms with Gasteiger partial charge >= 0.3 is 0 Å². The molecule has 0 saturated heterocycles. The Morgan fingerprint density at radius 2 is 1.89 bits per heavy atom. The van der Waals surface area contributed by atoms with Gasteiger partial charge in [0.15, 0.2) is 22.5 Å². The van der Waals surface area contributed by atoms with E-state index >= 15 is 0 Å². The zero-order valence-corrected chi connectivity index (χ0v) is 20.9. The predicted molar refractivity (Wildman–Crippen MR) is 140 cm³/mol. The van der Waals surface area contributed by atoms with Crippen molar-refractivity contribution in [3.63, 3.8) is 0 Å². The maximum absolute atomic E-state index is 12.4. The summed E-state index contributed by atoms with van der Waals surface area (Å²) < 4.78 is 18.0. The molecular weight excluding hydrogens is 478 g/mol. The van der Waals surface area contributed by atoms with Crippen molar-refractivity contribution in [1.82, 2.24) is 20.2 Å². The van der Waals surface area contributed by atoms with Gasteiger partial charge in [-0.15, -0.1) is 10.2 Å². The Labute approximate surface area is 212 Å². The van der Waals surface area contributed by atoms with Crippen molar-refractivity contribution in [2.45, 2.75) is 12.1 Å². The van der Waals surface area contributed by atoms with E-state index in [0.717, 1.165) is 16.8 Å². The molecule has 0 radical (unpaired) electrons. The number of carbonyl (C=O) groups is 1. The van der Waals surface area contributed by atoms with E-state index in [4.69, 9.17) is 13.9 Å². The number of aromatic nitrogens is 3. The number of nitrogens with one attached hydrogen (secondary N) is 1. The Morgan fingerprint density at radius 3 is 2.61 bits per heavy atom. The maximum Gasteiger partial charge on any atom is 0.250 e. The van der Waals surface area contributed by atoms with Gasteiger partial charge in [-0.3, -0.25) is 9.36 Å². The number of amides is 1. The molecular formula is C26H25N5O4S. The largest absolute Gasteiger partial charge is 0.493 e. The van der Waals surface area contributed by atoms with Crippen LogP contribution in [0, 0.1) is 0 Å². The molecule has 1 N–H and O–H groups in total. The molecule has 9 nitrogen and oxygen atoms in total. The van der Waals surface area contributed by atoms with Crippen molar-refractivity contribution in [3.05, 3.63) is 78.3 Å². The second-order valence-electron chi connectivity index (χ2n) is 7.53. The Hall–Kier alpha value is -4.31. The predicted octanol–water partition coefficient (Wildman–Crippen LogP) is 4.84. The summed E-state index contributed by atoms with van der Waals surface area (Å²) in [5.74, 6) is 2.37. The smallest absolute Gasteiger partial charge is 0.250 e. The van der Waals surface area contributed by atoms with Crippen molar-refractivity contribution in [3.8, 4) is 28.6 Å². The van der Waals surface area contributed by atoms with Gasteiger partial charge in [0.2, 0.25) is 0 Å². The highest BCUT2D eigenvalue weighted by Crippen LogP contribution is 2.34. The minimum Gasteiger partial charge on any atom is -0.493 e. The second kappa shape index (κ2) is 11.9. The molecule has 0 aliphatic rings. The molecule has 2 heterocycles. The van der Waals surface area contributed by atoms with Gasteiger partial charge in [0.1, 0.15) is 5.76 Å². The standard InChI is InChI=1S/C26H25N5O4S/c1-18(14-21-10-7-13-35-21)16-27-28-24(32)17-36-26-30-29-25(31(26)20-8-5-4-6-9-20)19-11-12-22(33-2)23(15-19)34-3/h4-16H,17H2,1-3H3,(H,28,32)/b18-14+,27-16-. The Kier molecular flexibility index (Phi) is 8.20. The van der Waals surface area contributed by atoms with Crippen LogP contribution in [0.2, 0.25) is 0 Å². The van der Waals surface area contributed by atoms with Gasteiger partial charge in [-0.2, -0.15) is 5.10 Å². The number of allylic oxidation sites excluding steroid dienone is 1. The van der Waals surface area contributed by atoms with Gasteiger partial charge < -0.3 is 13.9 Å². The van der Waals surface area contributed by atoms with Crippen molar-refractivity contribution >= 4 is 30.0 Å². The molecule has 0 fully saturated rings. The number of hydrogen-bond donors (Lipinski definition) is 1. The quantitative estimate of drug-likeness (QED) is 0.188. The zero-order valence-electron chi connectivity index (χ0n) is 20.0. The van der Waals surface area contributed by atoms with E-state index in [0.29, 0.717) is 28.2 Å². The fraction of sp³-hybridized carbons (Fsp3) is 0.154. The number of hydrogen-bond acceptors (Lipinski definition) is 8. The first kappa shape index (κ1) is 24.8. The molecule has 36 heavy (non-hydrogen) atoms. The minimum atomic E-state index is -0.266. The number of para-hydroxylation sites is 1. The van der Waals surface area contributed by atoms with Crippen LogP contribution < -0.4 is 14.9 Å². The fourth-order valence-corrected chi connectivity index (χ4v) is 4.08. The zero-order chi connectivity index (χ0) is 25.3. The highest BCUT2D eigenvalue weighted by atomic mass is 32.2. The first-order valence-electron chi connectivity index (χ1n) is 11.0. The van der Waals surface area contributed by atoms with E-state index in [1.165, 1.54) is 11.8 Å². The molecule has 0 bridgehead atoms. The number of carbonyl (C=O) groups excluding carboxylic acids is 1. The molecule has 0 spiro atoms. The number of ether oxygens (including phenoxy) is 2. The molecule has 2 aromatic carbocycles. The number of furan rings is 1. The lowest BCUT2D eigenvalue weighted by Gasteiger charge is -2.12. The molecule has 0 atom stereocenters. The molecule has 1 amide bonds. The third-order valence-electron chi connectivity index (χ3n) is 4.99. The van der Waals surface area contributed by atoms with Crippen molar-refractivity contribution in [1.29, 1.82) is 0 Å². The number of benzene rings is 2. The number of nitrogens with zero attached hydrogens (tertiary/aromatic N) is 4. The summed E-state index contributed by atoms with van der Waals surface area (Å²) in [5.41, 5.74) is 5.04. The van der Waals surface area contributed by atoms with Crippen LogP contribution in [-0.4, -0.2) is 46.9 Å². The number of methoxy groups -OCH3 is 2. The van der Waals surface area contributed by atoms with Crippen LogP contribution in [-0.2, 0) is 4.79 Å². The summed E-state index contributed by atoms with van der Waals surface area (Å²) in [6, 6.07) is 18.9. The monoisotopic (exact) mass is 503 g/mol. The fourth-order valence-electron chi connectivity index (χ4n) is 3.34. The lowest BCUT2D eigenvalue weighted by molar-refractivity contribution is -0.118. The summed E-state index contributed by atoms with van der Waals surface area (Å²) in [6.45, 7) is 1.87. The first-order chi connectivity index (χ1) is 17.6. The average Bonchev–Trinajstić information content (AvgIpc) is 3.57. The summed E-state index contributed by atoms with van der Waals surface area (Å²) in [5, 5.41) is 13.4. The topological polar surface area (TPSA) is 104 Å². The molecule has 0 aliphatic heterocycles. The summed E-state index contributed by atoms with van der Waals surface area (Å²) >= 11 is 1.26. The van der Waals surface area contributed by atoms with Crippen LogP contribution in [0.5, 0.6) is 11.5 Å². The first-order valence-corrected chi connectivity index (χ1v) is 12.0. The lowest BCUT2D eigenvalue weighted by atomic mass is 10.2. The van der Waals surface area contributed by atoms with Gasteiger partial charge in [0.25, 0.3) is 5.91 Å². The molecule has 0 aliphatic carbocycles. The highest BCUT2D eigenvalue weighted by molar-refractivity contribution is 7.99. The van der Waals surface area contributed by atoms with E-state index in [1.54, 1.807) is 32.8 Å². The highest BCUT2D eigenvalue weighted by Gasteiger charge is 2.18. The van der Waals surface area contributed by atoms with E-state index in [2.05, 4.69) is 20.7 Å². The molecule has 4 rings (SSSR count). The third kappa shape index (κ3) is 6.02. The molecule has 184 valence electrons. The van der Waals surface area contributed by atoms with Gasteiger partial charge in [-0.05, 0) is 61.0 Å². The summed E-state index contributed by atoms with van der Waals surface area (Å²) in [7, 11) is 3.17. The third-order valence-corrected chi connectivity index (χ3v) is 5.92. The van der Waals surface area contributed by atoms with E-state index in [1.807, 2.05) is 72.2 Å².